The fourth-order valence-corrected chi connectivity index (χ4v) is 1.99. The predicted molar refractivity (Wildman–Crippen MR) is 76.0 cm³/mol. The number of halogens is 1. The average molecular weight is 262 g/mol. The lowest BCUT2D eigenvalue weighted by Gasteiger charge is -2.30. The van der Waals surface area contributed by atoms with E-state index < -0.39 is 5.54 Å². The van der Waals surface area contributed by atoms with Crippen LogP contribution >= 0.6 is 11.6 Å². The van der Waals surface area contributed by atoms with E-state index in [2.05, 4.69) is 5.32 Å². The maximum absolute atomic E-state index is 9.67. The van der Waals surface area contributed by atoms with Crippen molar-refractivity contribution >= 4 is 17.3 Å². The molecule has 2 aromatic carbocycles. The first-order valence-corrected chi connectivity index (χ1v) is 6.22. The second-order valence-corrected chi connectivity index (χ2v) is 4.92. The van der Waals surface area contributed by atoms with Crippen molar-refractivity contribution in [1.29, 1.82) is 0 Å². The first kappa shape index (κ1) is 12.9. The largest absolute Gasteiger partial charge is 0.394 e. The maximum atomic E-state index is 9.67. The second kappa shape index (κ2) is 5.42. The monoisotopic (exact) mass is 261 g/mol. The van der Waals surface area contributed by atoms with E-state index >= 15 is 0 Å². The molecule has 2 nitrogen and oxygen atoms in total. The third-order valence-corrected chi connectivity index (χ3v) is 3.24. The van der Waals surface area contributed by atoms with Crippen LogP contribution in [-0.2, 0) is 5.54 Å². The molecule has 0 amide bonds. The summed E-state index contributed by atoms with van der Waals surface area (Å²) < 4.78 is 0. The normalized spacial score (nSPS) is 13.9. The number of aliphatic hydroxyl groups is 1. The van der Waals surface area contributed by atoms with Gasteiger partial charge in [-0.25, -0.2) is 0 Å². The Balaban J connectivity index is 2.28. The fourth-order valence-electron chi connectivity index (χ4n) is 1.86. The molecule has 0 radical (unpaired) electrons. The van der Waals surface area contributed by atoms with Crippen molar-refractivity contribution in [2.75, 3.05) is 11.9 Å². The third kappa shape index (κ3) is 2.84. The Morgan fingerprint density at radius 1 is 1.06 bits per heavy atom. The zero-order valence-corrected chi connectivity index (χ0v) is 11.0. The Morgan fingerprint density at radius 3 is 2.22 bits per heavy atom. The molecule has 0 aliphatic rings. The Kier molecular flexibility index (Phi) is 3.90. The number of hydrogen-bond donors (Lipinski definition) is 2. The van der Waals surface area contributed by atoms with E-state index in [1.807, 2.05) is 61.5 Å². The van der Waals surface area contributed by atoms with Gasteiger partial charge in [-0.3, -0.25) is 0 Å². The summed E-state index contributed by atoms with van der Waals surface area (Å²) in [5.41, 5.74) is 1.45. The molecule has 1 unspecified atom stereocenters. The van der Waals surface area contributed by atoms with Gasteiger partial charge in [0.15, 0.2) is 0 Å². The molecular weight excluding hydrogens is 246 g/mol. The van der Waals surface area contributed by atoms with Gasteiger partial charge in [0.1, 0.15) is 0 Å². The van der Waals surface area contributed by atoms with Crippen LogP contribution in [0.5, 0.6) is 0 Å². The van der Waals surface area contributed by atoms with Crippen molar-refractivity contribution in [1.82, 2.24) is 0 Å². The molecular formula is C15H16ClNO. The Labute approximate surface area is 112 Å². The van der Waals surface area contributed by atoms with Crippen LogP contribution < -0.4 is 5.32 Å². The number of aliphatic hydroxyl groups excluding tert-OH is 1. The number of rotatable bonds is 4. The van der Waals surface area contributed by atoms with E-state index in [0.717, 1.165) is 11.3 Å². The smallest absolute Gasteiger partial charge is 0.0828 e. The molecule has 1 atom stereocenters. The predicted octanol–water partition coefficient (Wildman–Crippen LogP) is 3.66. The van der Waals surface area contributed by atoms with E-state index in [-0.39, 0.29) is 6.61 Å². The van der Waals surface area contributed by atoms with E-state index in [1.165, 1.54) is 0 Å². The van der Waals surface area contributed by atoms with Crippen LogP contribution in [0.3, 0.4) is 0 Å². The number of hydrogen-bond acceptors (Lipinski definition) is 2. The SMILES string of the molecule is CC(CO)(Nc1ccccc1)c1ccc(Cl)cc1. The highest BCUT2D eigenvalue weighted by molar-refractivity contribution is 6.30. The van der Waals surface area contributed by atoms with Crippen molar-refractivity contribution in [3.63, 3.8) is 0 Å². The van der Waals surface area contributed by atoms with E-state index in [9.17, 15) is 5.11 Å². The minimum atomic E-state index is -0.522. The van der Waals surface area contributed by atoms with E-state index in [1.54, 1.807) is 0 Å². The van der Waals surface area contributed by atoms with Crippen LogP contribution in [0.25, 0.3) is 0 Å². The van der Waals surface area contributed by atoms with Gasteiger partial charge >= 0.3 is 0 Å². The first-order chi connectivity index (χ1) is 8.64. The topological polar surface area (TPSA) is 32.3 Å². The van der Waals surface area contributed by atoms with E-state index in [0.29, 0.717) is 5.02 Å². The first-order valence-electron chi connectivity index (χ1n) is 5.84. The minimum Gasteiger partial charge on any atom is -0.394 e. The summed E-state index contributed by atoms with van der Waals surface area (Å²) >= 11 is 5.88. The van der Waals surface area contributed by atoms with Gasteiger partial charge in [0.05, 0.1) is 12.1 Å². The molecule has 3 heteroatoms. The summed E-state index contributed by atoms with van der Waals surface area (Å²) in [5.74, 6) is 0. The second-order valence-electron chi connectivity index (χ2n) is 4.49. The molecule has 0 aliphatic carbocycles. The summed E-state index contributed by atoms with van der Waals surface area (Å²) in [6.45, 7) is 1.97. The zero-order valence-electron chi connectivity index (χ0n) is 10.2. The molecule has 0 spiro atoms. The average Bonchev–Trinajstić information content (AvgIpc) is 2.40. The summed E-state index contributed by atoms with van der Waals surface area (Å²) in [6.07, 6.45) is 0. The maximum Gasteiger partial charge on any atom is 0.0828 e. The Morgan fingerprint density at radius 2 is 1.67 bits per heavy atom. The van der Waals surface area contributed by atoms with Crippen LogP contribution in [0.15, 0.2) is 54.6 Å². The third-order valence-electron chi connectivity index (χ3n) is 2.99. The zero-order chi connectivity index (χ0) is 13.0. The quantitative estimate of drug-likeness (QED) is 0.880. The molecule has 94 valence electrons. The van der Waals surface area contributed by atoms with Gasteiger partial charge in [0.2, 0.25) is 0 Å². The van der Waals surface area contributed by atoms with Crippen LogP contribution in [0.2, 0.25) is 5.02 Å². The van der Waals surface area contributed by atoms with Crippen LogP contribution in [-0.4, -0.2) is 11.7 Å². The fraction of sp³-hybridized carbons (Fsp3) is 0.200. The van der Waals surface area contributed by atoms with Crippen LogP contribution in [0.4, 0.5) is 5.69 Å². The lowest BCUT2D eigenvalue weighted by molar-refractivity contribution is 0.224. The summed E-state index contributed by atoms with van der Waals surface area (Å²) in [7, 11) is 0. The highest BCUT2D eigenvalue weighted by Gasteiger charge is 2.25. The Hall–Kier alpha value is -1.51. The molecule has 0 fully saturated rings. The van der Waals surface area contributed by atoms with Gasteiger partial charge in [-0.05, 0) is 36.8 Å². The molecule has 0 aromatic heterocycles. The number of anilines is 1. The molecule has 0 saturated heterocycles. The summed E-state index contributed by atoms with van der Waals surface area (Å²) in [6, 6.07) is 17.3. The highest BCUT2D eigenvalue weighted by Crippen LogP contribution is 2.26. The van der Waals surface area contributed by atoms with E-state index in [4.69, 9.17) is 11.6 Å². The van der Waals surface area contributed by atoms with Crippen molar-refractivity contribution in [3.05, 3.63) is 65.2 Å². The molecule has 2 N–H and O–H groups in total. The summed E-state index contributed by atoms with van der Waals surface area (Å²) in [4.78, 5) is 0. The van der Waals surface area contributed by atoms with Gasteiger partial charge in [-0.1, -0.05) is 41.9 Å². The molecule has 0 heterocycles. The molecule has 2 aromatic rings. The highest BCUT2D eigenvalue weighted by atomic mass is 35.5. The van der Waals surface area contributed by atoms with Gasteiger partial charge in [-0.2, -0.15) is 0 Å². The number of nitrogens with one attached hydrogen (secondary N) is 1. The van der Waals surface area contributed by atoms with Crippen molar-refractivity contribution < 1.29 is 5.11 Å². The lowest BCUT2D eigenvalue weighted by atomic mass is 9.92. The van der Waals surface area contributed by atoms with Gasteiger partial charge in [-0.15, -0.1) is 0 Å². The molecule has 0 aliphatic heterocycles. The standard InChI is InChI=1S/C15H16ClNO/c1-15(11-18,12-7-9-13(16)10-8-12)17-14-5-3-2-4-6-14/h2-10,17-18H,11H2,1H3. The molecule has 18 heavy (non-hydrogen) atoms. The van der Waals surface area contributed by atoms with Gasteiger partial charge in [0.25, 0.3) is 0 Å². The molecule has 0 saturated carbocycles. The van der Waals surface area contributed by atoms with Crippen molar-refractivity contribution in [2.45, 2.75) is 12.5 Å². The minimum absolute atomic E-state index is 0.00350. The number of para-hydroxylation sites is 1. The number of benzene rings is 2. The van der Waals surface area contributed by atoms with Gasteiger partial charge in [0, 0.05) is 10.7 Å². The molecule has 2 rings (SSSR count). The Bertz CT molecular complexity index is 498. The van der Waals surface area contributed by atoms with Crippen LogP contribution in [0, 0.1) is 0 Å². The van der Waals surface area contributed by atoms with Gasteiger partial charge < -0.3 is 10.4 Å². The molecule has 0 bridgehead atoms. The lowest BCUT2D eigenvalue weighted by Crippen LogP contribution is -2.35. The summed E-state index contributed by atoms with van der Waals surface area (Å²) in [5, 5.41) is 13.7. The van der Waals surface area contributed by atoms with Crippen molar-refractivity contribution in [2.24, 2.45) is 0 Å². The van der Waals surface area contributed by atoms with Crippen molar-refractivity contribution in [3.8, 4) is 0 Å². The van der Waals surface area contributed by atoms with Crippen LogP contribution in [0.1, 0.15) is 12.5 Å².